The number of aromatic nitrogens is 3. The number of imidazole rings is 1. The lowest BCUT2D eigenvalue weighted by Crippen LogP contribution is -2.43. The summed E-state index contributed by atoms with van der Waals surface area (Å²) >= 11 is 0. The molecule has 1 amide bonds. The molecule has 0 saturated carbocycles. The molecule has 0 atom stereocenters. The van der Waals surface area contributed by atoms with Crippen molar-refractivity contribution in [1.29, 1.82) is 0 Å². The van der Waals surface area contributed by atoms with Crippen molar-refractivity contribution in [3.05, 3.63) is 30.2 Å². The predicted octanol–water partition coefficient (Wildman–Crippen LogP) is 0.211. The Morgan fingerprint density at radius 2 is 2.28 bits per heavy atom. The van der Waals surface area contributed by atoms with E-state index in [-0.39, 0.29) is 11.9 Å². The normalized spacial score (nSPS) is 16.9. The van der Waals surface area contributed by atoms with Crippen LogP contribution in [0.15, 0.2) is 24.5 Å². The zero-order valence-electron chi connectivity index (χ0n) is 9.97. The molecular formula is C12H15N5O. The summed E-state index contributed by atoms with van der Waals surface area (Å²) in [6.07, 6.45) is 5.15. The second kappa shape index (κ2) is 4.73. The third-order valence-corrected chi connectivity index (χ3v) is 3.18. The predicted molar refractivity (Wildman–Crippen MR) is 66.3 cm³/mol. The summed E-state index contributed by atoms with van der Waals surface area (Å²) in [5, 5.41) is 10.4. The van der Waals surface area contributed by atoms with Crippen molar-refractivity contribution in [3.8, 4) is 0 Å². The first kappa shape index (κ1) is 11.2. The first-order valence-electron chi connectivity index (χ1n) is 6.15. The fourth-order valence-electron chi connectivity index (χ4n) is 2.21. The van der Waals surface area contributed by atoms with E-state index in [1.807, 2.05) is 6.07 Å². The van der Waals surface area contributed by atoms with Gasteiger partial charge in [0.15, 0.2) is 5.65 Å². The number of nitrogens with one attached hydrogen (secondary N) is 2. The average molecular weight is 245 g/mol. The minimum Gasteiger partial charge on any atom is -0.348 e. The number of hydrogen-bond donors (Lipinski definition) is 2. The zero-order valence-corrected chi connectivity index (χ0v) is 9.97. The highest BCUT2D eigenvalue weighted by Crippen LogP contribution is 2.07. The van der Waals surface area contributed by atoms with Crippen LogP contribution in [0.25, 0.3) is 5.65 Å². The van der Waals surface area contributed by atoms with E-state index in [2.05, 4.69) is 20.7 Å². The van der Waals surface area contributed by atoms with Crippen LogP contribution in [-0.4, -0.2) is 39.6 Å². The highest BCUT2D eigenvalue weighted by molar-refractivity contribution is 5.93. The molecule has 0 unspecified atom stereocenters. The van der Waals surface area contributed by atoms with Crippen molar-refractivity contribution in [2.24, 2.45) is 0 Å². The van der Waals surface area contributed by atoms with E-state index in [4.69, 9.17) is 0 Å². The van der Waals surface area contributed by atoms with Crippen LogP contribution in [-0.2, 0) is 0 Å². The Bertz CT molecular complexity index is 558. The molecular weight excluding hydrogens is 230 g/mol. The van der Waals surface area contributed by atoms with Gasteiger partial charge in [-0.1, -0.05) is 0 Å². The van der Waals surface area contributed by atoms with E-state index < -0.39 is 0 Å². The van der Waals surface area contributed by atoms with Gasteiger partial charge in [-0.25, -0.2) is 9.50 Å². The fourth-order valence-corrected chi connectivity index (χ4v) is 2.21. The molecule has 1 fully saturated rings. The van der Waals surface area contributed by atoms with Gasteiger partial charge in [0.1, 0.15) is 5.69 Å². The number of carbonyl (C=O) groups is 1. The smallest absolute Gasteiger partial charge is 0.271 e. The minimum atomic E-state index is -0.104. The molecule has 0 bridgehead atoms. The first-order chi connectivity index (χ1) is 8.84. The summed E-state index contributed by atoms with van der Waals surface area (Å²) in [6.45, 7) is 1.91. The van der Waals surface area contributed by atoms with E-state index in [1.54, 1.807) is 23.0 Å². The molecule has 0 aliphatic carbocycles. The maximum Gasteiger partial charge on any atom is 0.271 e. The summed E-state index contributed by atoms with van der Waals surface area (Å²) in [4.78, 5) is 16.3. The number of fused-ring (bicyclic) bond motifs is 1. The maximum atomic E-state index is 12.2. The molecule has 3 rings (SSSR count). The Morgan fingerprint density at radius 1 is 1.44 bits per heavy atom. The Kier molecular flexibility index (Phi) is 2.93. The van der Waals surface area contributed by atoms with E-state index >= 15 is 0 Å². The van der Waals surface area contributed by atoms with Gasteiger partial charge >= 0.3 is 0 Å². The van der Waals surface area contributed by atoms with Gasteiger partial charge in [0.25, 0.3) is 5.91 Å². The summed E-state index contributed by atoms with van der Waals surface area (Å²) in [5.41, 5.74) is 1.18. The first-order valence-corrected chi connectivity index (χ1v) is 6.15. The SMILES string of the molecule is O=C(NC1CCNCC1)c1cnc2cccnn12. The Hall–Kier alpha value is -1.95. The second-order valence-electron chi connectivity index (χ2n) is 4.43. The number of piperidine rings is 1. The summed E-state index contributed by atoms with van der Waals surface area (Å²) < 4.78 is 1.57. The van der Waals surface area contributed by atoms with Crippen LogP contribution in [0.1, 0.15) is 23.3 Å². The Balaban J connectivity index is 1.79. The molecule has 3 heterocycles. The standard InChI is InChI=1S/C12H15N5O/c18-12(16-9-3-6-13-7-4-9)10-8-14-11-2-1-5-15-17(10)11/h1-2,5,8-9,13H,3-4,6-7H2,(H,16,18). The molecule has 18 heavy (non-hydrogen) atoms. The van der Waals surface area contributed by atoms with Crippen molar-refractivity contribution >= 4 is 11.6 Å². The van der Waals surface area contributed by atoms with Crippen LogP contribution in [0.4, 0.5) is 0 Å². The van der Waals surface area contributed by atoms with Gasteiger partial charge in [0.2, 0.25) is 0 Å². The summed E-state index contributed by atoms with van der Waals surface area (Å²) in [7, 11) is 0. The van der Waals surface area contributed by atoms with Gasteiger partial charge in [-0.05, 0) is 38.1 Å². The third kappa shape index (κ3) is 2.06. The van der Waals surface area contributed by atoms with Crippen LogP contribution in [0.2, 0.25) is 0 Å². The summed E-state index contributed by atoms with van der Waals surface area (Å²) in [6, 6.07) is 3.87. The lowest BCUT2D eigenvalue weighted by atomic mass is 10.1. The van der Waals surface area contributed by atoms with E-state index in [1.165, 1.54) is 0 Å². The highest BCUT2D eigenvalue weighted by Gasteiger charge is 2.18. The van der Waals surface area contributed by atoms with Crippen molar-refractivity contribution in [1.82, 2.24) is 25.2 Å². The van der Waals surface area contributed by atoms with E-state index in [0.717, 1.165) is 25.9 Å². The molecule has 6 heteroatoms. The zero-order chi connectivity index (χ0) is 12.4. The quantitative estimate of drug-likeness (QED) is 0.793. The molecule has 2 N–H and O–H groups in total. The van der Waals surface area contributed by atoms with Gasteiger partial charge in [-0.15, -0.1) is 0 Å². The Labute approximate surface area is 104 Å². The van der Waals surface area contributed by atoms with Crippen molar-refractivity contribution in [3.63, 3.8) is 0 Å². The van der Waals surface area contributed by atoms with Crippen LogP contribution in [0.3, 0.4) is 0 Å². The second-order valence-corrected chi connectivity index (χ2v) is 4.43. The molecule has 0 aromatic carbocycles. The number of carbonyl (C=O) groups excluding carboxylic acids is 1. The summed E-state index contributed by atoms with van der Waals surface area (Å²) in [5.74, 6) is -0.104. The van der Waals surface area contributed by atoms with Crippen molar-refractivity contribution in [2.45, 2.75) is 18.9 Å². The van der Waals surface area contributed by atoms with Crippen LogP contribution >= 0.6 is 0 Å². The molecule has 6 nitrogen and oxygen atoms in total. The van der Waals surface area contributed by atoms with Gasteiger partial charge < -0.3 is 10.6 Å². The van der Waals surface area contributed by atoms with Crippen LogP contribution in [0.5, 0.6) is 0 Å². The monoisotopic (exact) mass is 245 g/mol. The van der Waals surface area contributed by atoms with Crippen LogP contribution in [0, 0.1) is 0 Å². The van der Waals surface area contributed by atoms with Gasteiger partial charge in [0, 0.05) is 12.2 Å². The van der Waals surface area contributed by atoms with Gasteiger partial charge in [0.05, 0.1) is 6.20 Å². The molecule has 94 valence electrons. The minimum absolute atomic E-state index is 0.104. The van der Waals surface area contributed by atoms with Gasteiger partial charge in [-0.2, -0.15) is 5.10 Å². The third-order valence-electron chi connectivity index (χ3n) is 3.18. The Morgan fingerprint density at radius 3 is 3.11 bits per heavy atom. The largest absolute Gasteiger partial charge is 0.348 e. The van der Waals surface area contributed by atoms with E-state index in [0.29, 0.717) is 11.3 Å². The molecule has 2 aromatic rings. The van der Waals surface area contributed by atoms with Crippen LogP contribution < -0.4 is 10.6 Å². The highest BCUT2D eigenvalue weighted by atomic mass is 16.2. The number of rotatable bonds is 2. The van der Waals surface area contributed by atoms with Gasteiger partial charge in [-0.3, -0.25) is 4.79 Å². The maximum absolute atomic E-state index is 12.2. The van der Waals surface area contributed by atoms with Crippen molar-refractivity contribution in [2.75, 3.05) is 13.1 Å². The van der Waals surface area contributed by atoms with E-state index in [9.17, 15) is 4.79 Å². The molecule has 0 spiro atoms. The number of nitrogens with zero attached hydrogens (tertiary/aromatic N) is 3. The lowest BCUT2D eigenvalue weighted by Gasteiger charge is -2.23. The van der Waals surface area contributed by atoms with Crippen molar-refractivity contribution < 1.29 is 4.79 Å². The molecule has 1 aliphatic rings. The number of hydrogen-bond acceptors (Lipinski definition) is 4. The molecule has 0 radical (unpaired) electrons. The average Bonchev–Trinajstić information content (AvgIpc) is 2.84. The molecule has 2 aromatic heterocycles. The number of amides is 1. The molecule has 1 saturated heterocycles. The lowest BCUT2D eigenvalue weighted by molar-refractivity contribution is 0.0922. The molecule has 1 aliphatic heterocycles. The fraction of sp³-hybridized carbons (Fsp3) is 0.417. The topological polar surface area (TPSA) is 71.3 Å².